The summed E-state index contributed by atoms with van der Waals surface area (Å²) in [5.74, 6) is -0.958. The average molecular weight is 180 g/mol. The van der Waals surface area contributed by atoms with Gasteiger partial charge in [-0.25, -0.2) is 4.79 Å². The van der Waals surface area contributed by atoms with Crippen molar-refractivity contribution >= 4 is 5.97 Å². The molecule has 1 rings (SSSR count). The van der Waals surface area contributed by atoms with E-state index in [1.54, 1.807) is 26.0 Å². The molecule has 1 aromatic rings. The zero-order chi connectivity index (χ0) is 10.0. The standard InChI is InChI=1S/C10H12O3/c1-6-8(7(2)11)4-3-5-9(6)10(12)13/h3-5,7,11H,1-2H3,(H,12,13). The highest BCUT2D eigenvalue weighted by Crippen LogP contribution is 2.20. The molecule has 3 nitrogen and oxygen atoms in total. The van der Waals surface area contributed by atoms with Gasteiger partial charge in [0, 0.05) is 0 Å². The summed E-state index contributed by atoms with van der Waals surface area (Å²) < 4.78 is 0. The number of benzene rings is 1. The van der Waals surface area contributed by atoms with Gasteiger partial charge in [-0.1, -0.05) is 12.1 Å². The molecule has 1 atom stereocenters. The van der Waals surface area contributed by atoms with Gasteiger partial charge in [0.05, 0.1) is 11.7 Å². The highest BCUT2D eigenvalue weighted by molar-refractivity contribution is 5.89. The van der Waals surface area contributed by atoms with Gasteiger partial charge in [0.15, 0.2) is 0 Å². The van der Waals surface area contributed by atoms with Crippen molar-refractivity contribution in [1.82, 2.24) is 0 Å². The fourth-order valence-electron chi connectivity index (χ4n) is 1.34. The van der Waals surface area contributed by atoms with E-state index in [0.717, 1.165) is 0 Å². The van der Waals surface area contributed by atoms with Crippen LogP contribution in [0.5, 0.6) is 0 Å². The van der Waals surface area contributed by atoms with E-state index in [9.17, 15) is 9.90 Å². The summed E-state index contributed by atoms with van der Waals surface area (Å²) >= 11 is 0. The molecule has 0 aliphatic heterocycles. The molecule has 0 saturated carbocycles. The van der Waals surface area contributed by atoms with Crippen LogP contribution < -0.4 is 0 Å². The van der Waals surface area contributed by atoms with E-state index in [2.05, 4.69) is 0 Å². The molecule has 0 amide bonds. The fraction of sp³-hybridized carbons (Fsp3) is 0.300. The van der Waals surface area contributed by atoms with Gasteiger partial charge < -0.3 is 10.2 Å². The van der Waals surface area contributed by atoms with Crippen molar-refractivity contribution in [3.8, 4) is 0 Å². The van der Waals surface area contributed by atoms with Crippen molar-refractivity contribution in [1.29, 1.82) is 0 Å². The summed E-state index contributed by atoms with van der Waals surface area (Å²) in [7, 11) is 0. The van der Waals surface area contributed by atoms with Gasteiger partial charge >= 0.3 is 5.97 Å². The number of carboxylic acid groups (broad SMARTS) is 1. The molecule has 70 valence electrons. The molecule has 0 aromatic heterocycles. The number of carboxylic acids is 1. The van der Waals surface area contributed by atoms with Gasteiger partial charge in [-0.05, 0) is 31.0 Å². The van der Waals surface area contributed by atoms with E-state index >= 15 is 0 Å². The van der Waals surface area contributed by atoms with Gasteiger partial charge in [-0.15, -0.1) is 0 Å². The Hall–Kier alpha value is -1.35. The second kappa shape index (κ2) is 3.58. The van der Waals surface area contributed by atoms with Gasteiger partial charge in [0.1, 0.15) is 0 Å². The maximum absolute atomic E-state index is 10.7. The molecule has 0 heterocycles. The minimum absolute atomic E-state index is 0.249. The second-order valence-electron chi connectivity index (χ2n) is 3.00. The first-order valence-corrected chi connectivity index (χ1v) is 4.05. The predicted octanol–water partition coefficient (Wildman–Crippen LogP) is 1.75. The number of aromatic carboxylic acids is 1. The molecule has 0 saturated heterocycles. The molecule has 13 heavy (non-hydrogen) atoms. The molecule has 0 spiro atoms. The average Bonchev–Trinajstić information content (AvgIpc) is 2.03. The Morgan fingerprint density at radius 2 is 2.08 bits per heavy atom. The van der Waals surface area contributed by atoms with Crippen molar-refractivity contribution in [2.24, 2.45) is 0 Å². The predicted molar refractivity (Wildman–Crippen MR) is 48.8 cm³/mol. The normalized spacial score (nSPS) is 12.5. The van der Waals surface area contributed by atoms with E-state index in [1.807, 2.05) is 0 Å². The fourth-order valence-corrected chi connectivity index (χ4v) is 1.34. The highest BCUT2D eigenvalue weighted by atomic mass is 16.4. The van der Waals surface area contributed by atoms with Crippen LogP contribution in [-0.2, 0) is 0 Å². The van der Waals surface area contributed by atoms with Crippen molar-refractivity contribution in [2.45, 2.75) is 20.0 Å². The summed E-state index contributed by atoms with van der Waals surface area (Å²) in [6.45, 7) is 3.32. The zero-order valence-corrected chi connectivity index (χ0v) is 7.61. The Balaban J connectivity index is 3.26. The topological polar surface area (TPSA) is 57.5 Å². The van der Waals surface area contributed by atoms with Crippen molar-refractivity contribution in [3.63, 3.8) is 0 Å². The van der Waals surface area contributed by atoms with Gasteiger partial charge in [0.2, 0.25) is 0 Å². The van der Waals surface area contributed by atoms with Gasteiger partial charge in [-0.3, -0.25) is 0 Å². The Labute approximate surface area is 76.6 Å². The summed E-state index contributed by atoms with van der Waals surface area (Å²) in [6.07, 6.45) is -0.626. The lowest BCUT2D eigenvalue weighted by Gasteiger charge is -2.10. The lowest BCUT2D eigenvalue weighted by molar-refractivity contribution is 0.0696. The molecule has 0 radical (unpaired) electrons. The Morgan fingerprint density at radius 3 is 2.54 bits per heavy atom. The number of hydrogen-bond acceptors (Lipinski definition) is 2. The van der Waals surface area contributed by atoms with Gasteiger partial charge in [-0.2, -0.15) is 0 Å². The summed E-state index contributed by atoms with van der Waals surface area (Å²) in [5.41, 5.74) is 1.54. The van der Waals surface area contributed by atoms with Gasteiger partial charge in [0.25, 0.3) is 0 Å². The van der Waals surface area contributed by atoms with Crippen molar-refractivity contribution in [3.05, 3.63) is 34.9 Å². The Bertz CT molecular complexity index is 329. The minimum atomic E-state index is -0.958. The molecule has 1 aromatic carbocycles. The maximum atomic E-state index is 10.7. The third-order valence-electron chi connectivity index (χ3n) is 2.06. The van der Waals surface area contributed by atoms with Crippen LogP contribution >= 0.6 is 0 Å². The molecule has 0 aliphatic rings. The minimum Gasteiger partial charge on any atom is -0.478 e. The smallest absolute Gasteiger partial charge is 0.335 e. The SMILES string of the molecule is Cc1c(C(=O)O)cccc1C(C)O. The number of rotatable bonds is 2. The van der Waals surface area contributed by atoms with E-state index in [1.165, 1.54) is 6.07 Å². The van der Waals surface area contributed by atoms with Crippen LogP contribution in [0.1, 0.15) is 34.5 Å². The Morgan fingerprint density at radius 1 is 1.46 bits per heavy atom. The molecule has 3 heteroatoms. The molecular formula is C10H12O3. The number of aliphatic hydroxyl groups is 1. The van der Waals surface area contributed by atoms with E-state index in [-0.39, 0.29) is 5.56 Å². The van der Waals surface area contributed by atoms with Crippen molar-refractivity contribution < 1.29 is 15.0 Å². The summed E-state index contributed by atoms with van der Waals surface area (Å²) in [5, 5.41) is 18.1. The molecule has 0 fully saturated rings. The first kappa shape index (κ1) is 9.74. The molecule has 0 aliphatic carbocycles. The summed E-state index contributed by atoms with van der Waals surface area (Å²) in [6, 6.07) is 4.90. The van der Waals surface area contributed by atoms with Crippen LogP contribution in [0.3, 0.4) is 0 Å². The van der Waals surface area contributed by atoms with E-state index in [4.69, 9.17) is 5.11 Å². The lowest BCUT2D eigenvalue weighted by atomic mass is 9.99. The quantitative estimate of drug-likeness (QED) is 0.728. The first-order chi connectivity index (χ1) is 6.04. The van der Waals surface area contributed by atoms with Crippen LogP contribution in [-0.4, -0.2) is 16.2 Å². The molecule has 0 bridgehead atoms. The largest absolute Gasteiger partial charge is 0.478 e. The third-order valence-corrected chi connectivity index (χ3v) is 2.06. The number of aliphatic hydroxyl groups excluding tert-OH is 1. The molecule has 2 N–H and O–H groups in total. The van der Waals surface area contributed by atoms with Crippen LogP contribution in [0.2, 0.25) is 0 Å². The number of carbonyl (C=O) groups is 1. The molecular weight excluding hydrogens is 168 g/mol. The third kappa shape index (κ3) is 1.87. The maximum Gasteiger partial charge on any atom is 0.335 e. The van der Waals surface area contributed by atoms with E-state index < -0.39 is 12.1 Å². The van der Waals surface area contributed by atoms with Crippen LogP contribution in [0.4, 0.5) is 0 Å². The monoisotopic (exact) mass is 180 g/mol. The second-order valence-corrected chi connectivity index (χ2v) is 3.00. The number of hydrogen-bond donors (Lipinski definition) is 2. The highest BCUT2D eigenvalue weighted by Gasteiger charge is 2.12. The van der Waals surface area contributed by atoms with Crippen LogP contribution in [0, 0.1) is 6.92 Å². The van der Waals surface area contributed by atoms with E-state index in [0.29, 0.717) is 11.1 Å². The zero-order valence-electron chi connectivity index (χ0n) is 7.61. The summed E-state index contributed by atoms with van der Waals surface area (Å²) in [4.78, 5) is 10.7. The molecule has 1 unspecified atom stereocenters. The lowest BCUT2D eigenvalue weighted by Crippen LogP contribution is -2.04. The van der Waals surface area contributed by atoms with Crippen LogP contribution in [0.25, 0.3) is 0 Å². The van der Waals surface area contributed by atoms with Crippen LogP contribution in [0.15, 0.2) is 18.2 Å². The van der Waals surface area contributed by atoms with Crippen molar-refractivity contribution in [2.75, 3.05) is 0 Å². The Kier molecular flexibility index (Phi) is 2.68. The first-order valence-electron chi connectivity index (χ1n) is 4.05.